The molecule has 96 valence electrons. The van der Waals surface area contributed by atoms with E-state index in [1.54, 1.807) is 0 Å². The standard InChI is InChI=1S/C6H12O.C2H6.5CH4/c1-5-3-4-7-6(5)2;1-2;;;;;/h5-6H,3-4H2,1-2H3;1-2H3;5*1H4. The van der Waals surface area contributed by atoms with Crippen LogP contribution >= 0.6 is 0 Å². The molecule has 0 amide bonds. The van der Waals surface area contributed by atoms with Gasteiger partial charge >= 0.3 is 0 Å². The third kappa shape index (κ3) is 14.5. The van der Waals surface area contributed by atoms with Crippen LogP contribution in [0.3, 0.4) is 0 Å². The Bertz CT molecular complexity index is 54.3. The fourth-order valence-corrected chi connectivity index (χ4v) is 0.839. The lowest BCUT2D eigenvalue weighted by Crippen LogP contribution is -2.05. The van der Waals surface area contributed by atoms with Gasteiger partial charge in [-0.2, -0.15) is 0 Å². The molecule has 1 heterocycles. The van der Waals surface area contributed by atoms with E-state index in [4.69, 9.17) is 4.74 Å². The van der Waals surface area contributed by atoms with Crippen LogP contribution in [0.25, 0.3) is 0 Å². The van der Waals surface area contributed by atoms with Crippen molar-refractivity contribution in [3.63, 3.8) is 0 Å². The zero-order chi connectivity index (χ0) is 7.28. The zero-order valence-corrected chi connectivity index (χ0v) is 6.98. The summed E-state index contributed by atoms with van der Waals surface area (Å²) in [6.07, 6.45) is 1.77. The van der Waals surface area contributed by atoms with Crippen molar-refractivity contribution in [2.75, 3.05) is 6.61 Å². The summed E-state index contributed by atoms with van der Waals surface area (Å²) >= 11 is 0. The highest BCUT2D eigenvalue weighted by atomic mass is 16.5. The molecule has 0 aliphatic carbocycles. The van der Waals surface area contributed by atoms with Gasteiger partial charge in [-0.3, -0.25) is 0 Å². The molecule has 0 N–H and O–H groups in total. The summed E-state index contributed by atoms with van der Waals surface area (Å²) in [4.78, 5) is 0. The van der Waals surface area contributed by atoms with Gasteiger partial charge in [-0.25, -0.2) is 0 Å². The molecule has 1 saturated heterocycles. The number of hydrogen-bond donors (Lipinski definition) is 0. The Labute approximate surface area is 95.3 Å². The van der Waals surface area contributed by atoms with Gasteiger partial charge in [-0.15, -0.1) is 0 Å². The highest BCUT2D eigenvalue weighted by Gasteiger charge is 2.18. The van der Waals surface area contributed by atoms with Gasteiger partial charge in [0.2, 0.25) is 0 Å². The number of hydrogen-bond acceptors (Lipinski definition) is 1. The molecule has 1 aliphatic heterocycles. The summed E-state index contributed by atoms with van der Waals surface area (Å²) in [6.45, 7) is 9.34. The van der Waals surface area contributed by atoms with Crippen LogP contribution < -0.4 is 0 Å². The molecule has 0 bridgehead atoms. The first-order valence-corrected chi connectivity index (χ1v) is 3.92. The van der Waals surface area contributed by atoms with Crippen LogP contribution in [0.5, 0.6) is 0 Å². The van der Waals surface area contributed by atoms with E-state index >= 15 is 0 Å². The second kappa shape index (κ2) is 23.1. The van der Waals surface area contributed by atoms with Crippen LogP contribution in [0.4, 0.5) is 0 Å². The van der Waals surface area contributed by atoms with Gasteiger partial charge < -0.3 is 4.74 Å². The van der Waals surface area contributed by atoms with Crippen molar-refractivity contribution in [1.82, 2.24) is 0 Å². The van der Waals surface area contributed by atoms with Crippen LogP contribution in [-0.2, 0) is 4.74 Å². The third-order valence-electron chi connectivity index (χ3n) is 1.76. The molecule has 0 aromatic heterocycles. The van der Waals surface area contributed by atoms with Gasteiger partial charge in [0.15, 0.2) is 0 Å². The van der Waals surface area contributed by atoms with Gasteiger partial charge in [-0.05, 0) is 19.3 Å². The summed E-state index contributed by atoms with van der Waals surface area (Å²) in [7, 11) is 0. The molecule has 0 aromatic carbocycles. The van der Waals surface area contributed by atoms with Crippen molar-refractivity contribution < 1.29 is 4.74 Å². The Morgan fingerprint density at radius 2 is 1.21 bits per heavy atom. The Balaban J connectivity index is -0.0000000217. The number of ether oxygens (including phenoxy) is 1. The van der Waals surface area contributed by atoms with E-state index in [0.717, 1.165) is 12.5 Å². The molecule has 0 spiro atoms. The van der Waals surface area contributed by atoms with Gasteiger partial charge in [0.05, 0.1) is 6.10 Å². The Kier molecular flexibility index (Phi) is 61.0. The molecule has 1 aliphatic rings. The van der Waals surface area contributed by atoms with E-state index in [0.29, 0.717) is 6.10 Å². The lowest BCUT2D eigenvalue weighted by molar-refractivity contribution is 0.109. The molecule has 0 aromatic rings. The Hall–Kier alpha value is -0.0400. The topological polar surface area (TPSA) is 9.23 Å². The first-order chi connectivity index (χ1) is 4.30. The molecular weight excluding hydrogens is 172 g/mol. The summed E-state index contributed by atoms with van der Waals surface area (Å²) in [5.41, 5.74) is 0. The quantitative estimate of drug-likeness (QED) is 0.503. The van der Waals surface area contributed by atoms with Gasteiger partial charge in [0.25, 0.3) is 0 Å². The minimum Gasteiger partial charge on any atom is -0.378 e. The fourth-order valence-electron chi connectivity index (χ4n) is 0.839. The summed E-state index contributed by atoms with van der Waals surface area (Å²) in [5.74, 6) is 0.792. The van der Waals surface area contributed by atoms with Crippen molar-refractivity contribution in [1.29, 1.82) is 0 Å². The van der Waals surface area contributed by atoms with Crippen molar-refractivity contribution in [2.45, 2.75) is 77.4 Å². The van der Waals surface area contributed by atoms with E-state index in [1.165, 1.54) is 6.42 Å². The first kappa shape index (κ1) is 37.0. The van der Waals surface area contributed by atoms with Crippen LogP contribution in [0.2, 0.25) is 0 Å². The Morgan fingerprint density at radius 1 is 0.857 bits per heavy atom. The molecule has 1 fully saturated rings. The van der Waals surface area contributed by atoms with E-state index in [-0.39, 0.29) is 37.1 Å². The summed E-state index contributed by atoms with van der Waals surface area (Å²) in [5, 5.41) is 0. The minimum atomic E-state index is 0. The van der Waals surface area contributed by atoms with Crippen molar-refractivity contribution in [3.05, 3.63) is 0 Å². The van der Waals surface area contributed by atoms with Gasteiger partial charge in [0.1, 0.15) is 0 Å². The lowest BCUT2D eigenvalue weighted by atomic mass is 10.1. The molecular formula is C13H38O. The smallest absolute Gasteiger partial charge is 0.0573 e. The molecule has 0 saturated carbocycles. The van der Waals surface area contributed by atoms with E-state index in [1.807, 2.05) is 13.8 Å². The minimum absolute atomic E-state index is 0. The first-order valence-electron chi connectivity index (χ1n) is 3.92. The van der Waals surface area contributed by atoms with E-state index < -0.39 is 0 Å². The fraction of sp³-hybridized carbons (Fsp3) is 1.00. The molecule has 1 nitrogen and oxygen atoms in total. The van der Waals surface area contributed by atoms with Crippen molar-refractivity contribution >= 4 is 0 Å². The van der Waals surface area contributed by atoms with Crippen LogP contribution in [0.1, 0.15) is 71.2 Å². The van der Waals surface area contributed by atoms with Crippen LogP contribution in [0.15, 0.2) is 0 Å². The predicted molar refractivity (Wildman–Crippen MR) is 74.2 cm³/mol. The highest BCUT2D eigenvalue weighted by molar-refractivity contribution is 4.66. The van der Waals surface area contributed by atoms with Crippen LogP contribution in [0, 0.1) is 5.92 Å². The summed E-state index contributed by atoms with van der Waals surface area (Å²) in [6, 6.07) is 0. The SMILES string of the molecule is C.C.C.C.C.CC.CC1CCOC1C. The Morgan fingerprint density at radius 3 is 1.29 bits per heavy atom. The maximum atomic E-state index is 5.27. The average molecular weight is 210 g/mol. The van der Waals surface area contributed by atoms with E-state index in [9.17, 15) is 0 Å². The monoisotopic (exact) mass is 210 g/mol. The molecule has 2 unspecified atom stereocenters. The molecule has 2 atom stereocenters. The largest absolute Gasteiger partial charge is 0.378 e. The molecule has 14 heavy (non-hydrogen) atoms. The van der Waals surface area contributed by atoms with Crippen molar-refractivity contribution in [2.24, 2.45) is 5.92 Å². The number of rotatable bonds is 0. The molecule has 0 radical (unpaired) electrons. The normalized spacial score (nSPS) is 21.4. The summed E-state index contributed by atoms with van der Waals surface area (Å²) < 4.78 is 5.27. The second-order valence-electron chi connectivity index (χ2n) is 2.34. The lowest BCUT2D eigenvalue weighted by Gasteiger charge is -2.04. The van der Waals surface area contributed by atoms with E-state index in [2.05, 4.69) is 13.8 Å². The third-order valence-corrected chi connectivity index (χ3v) is 1.76. The van der Waals surface area contributed by atoms with Gasteiger partial charge in [-0.1, -0.05) is 57.9 Å². The maximum Gasteiger partial charge on any atom is 0.0573 e. The average Bonchev–Trinajstić information content (AvgIpc) is 2.23. The predicted octanol–water partition coefficient (Wildman–Crippen LogP) is 5.64. The highest BCUT2D eigenvalue weighted by Crippen LogP contribution is 2.18. The van der Waals surface area contributed by atoms with Crippen LogP contribution in [-0.4, -0.2) is 12.7 Å². The van der Waals surface area contributed by atoms with Crippen molar-refractivity contribution in [3.8, 4) is 0 Å². The second-order valence-corrected chi connectivity index (χ2v) is 2.34. The molecule has 1 rings (SSSR count). The maximum absolute atomic E-state index is 5.27. The zero-order valence-electron chi connectivity index (χ0n) is 6.98. The van der Waals surface area contributed by atoms with Gasteiger partial charge in [0, 0.05) is 6.61 Å². The molecule has 1 heteroatoms.